The van der Waals surface area contributed by atoms with Gasteiger partial charge < -0.3 is 9.84 Å². The van der Waals surface area contributed by atoms with E-state index in [4.69, 9.17) is 4.74 Å². The normalized spacial score (nSPS) is 19.0. The van der Waals surface area contributed by atoms with Crippen molar-refractivity contribution in [2.45, 2.75) is 50.7 Å². The molecule has 1 aromatic carbocycles. The molecule has 1 aromatic heterocycles. The van der Waals surface area contributed by atoms with Gasteiger partial charge >= 0.3 is 0 Å². The Morgan fingerprint density at radius 2 is 1.95 bits per heavy atom. The van der Waals surface area contributed by atoms with Gasteiger partial charge in [-0.1, -0.05) is 37.1 Å². The molecule has 0 spiro atoms. The summed E-state index contributed by atoms with van der Waals surface area (Å²) < 4.78 is 5.93. The van der Waals surface area contributed by atoms with Crippen molar-refractivity contribution in [3.05, 3.63) is 42.1 Å². The second-order valence-electron chi connectivity index (χ2n) is 5.92. The molecule has 1 aliphatic carbocycles. The highest BCUT2D eigenvalue weighted by atomic mass is 16.5. The molecule has 21 heavy (non-hydrogen) atoms. The van der Waals surface area contributed by atoms with Gasteiger partial charge in [-0.3, -0.25) is 4.98 Å². The van der Waals surface area contributed by atoms with E-state index in [1.807, 2.05) is 31.2 Å². The molecule has 3 rings (SSSR count). The van der Waals surface area contributed by atoms with Gasteiger partial charge in [0.25, 0.3) is 0 Å². The van der Waals surface area contributed by atoms with Crippen molar-refractivity contribution in [3.63, 3.8) is 0 Å². The number of fused-ring (bicyclic) bond motifs is 1. The third-order valence-corrected chi connectivity index (χ3v) is 4.55. The lowest BCUT2D eigenvalue weighted by Gasteiger charge is -2.34. The number of hydrogen-bond acceptors (Lipinski definition) is 3. The maximum Gasteiger partial charge on any atom is 0.0943 e. The van der Waals surface area contributed by atoms with Crippen LogP contribution in [0.25, 0.3) is 10.9 Å². The molecule has 1 fully saturated rings. The van der Waals surface area contributed by atoms with Gasteiger partial charge in [0.05, 0.1) is 17.2 Å². The molecule has 1 saturated carbocycles. The van der Waals surface area contributed by atoms with E-state index in [-0.39, 0.29) is 5.60 Å². The number of aliphatic hydroxyl groups excluding tert-OH is 1. The van der Waals surface area contributed by atoms with E-state index in [9.17, 15) is 5.11 Å². The monoisotopic (exact) mass is 285 g/mol. The Kier molecular flexibility index (Phi) is 4.22. The number of para-hydroxylation sites is 1. The molecule has 3 nitrogen and oxygen atoms in total. The van der Waals surface area contributed by atoms with Gasteiger partial charge in [0.1, 0.15) is 0 Å². The summed E-state index contributed by atoms with van der Waals surface area (Å²) in [6.45, 7) is 2.66. The lowest BCUT2D eigenvalue weighted by atomic mass is 9.91. The van der Waals surface area contributed by atoms with Crippen LogP contribution in [0.3, 0.4) is 0 Å². The smallest absolute Gasteiger partial charge is 0.0943 e. The van der Waals surface area contributed by atoms with Crippen LogP contribution >= 0.6 is 0 Å². The summed E-state index contributed by atoms with van der Waals surface area (Å²) in [4.78, 5) is 4.66. The Hall–Kier alpha value is -1.45. The topological polar surface area (TPSA) is 42.4 Å². The number of pyridine rings is 1. The first-order valence-corrected chi connectivity index (χ1v) is 7.90. The lowest BCUT2D eigenvalue weighted by Crippen LogP contribution is -2.44. The minimum atomic E-state index is -0.478. The van der Waals surface area contributed by atoms with Crippen molar-refractivity contribution in [2.75, 3.05) is 6.61 Å². The SMILES string of the molecule is CCOC1(C(O)Cc2ccc3ccccc3n2)CCCC1. The van der Waals surface area contributed by atoms with Crippen molar-refractivity contribution in [3.8, 4) is 0 Å². The Bertz CT molecular complexity index is 605. The first-order chi connectivity index (χ1) is 10.2. The third kappa shape index (κ3) is 2.94. The Morgan fingerprint density at radius 3 is 2.71 bits per heavy atom. The zero-order valence-corrected chi connectivity index (χ0v) is 12.6. The van der Waals surface area contributed by atoms with Gasteiger partial charge in [-0.2, -0.15) is 0 Å². The molecule has 1 unspecified atom stereocenters. The molecule has 112 valence electrons. The zero-order valence-electron chi connectivity index (χ0n) is 12.6. The van der Waals surface area contributed by atoms with Gasteiger partial charge in [-0.05, 0) is 31.9 Å². The first-order valence-electron chi connectivity index (χ1n) is 7.90. The van der Waals surface area contributed by atoms with E-state index in [0.717, 1.165) is 42.3 Å². The molecule has 3 heteroatoms. The molecule has 0 bridgehead atoms. The number of aromatic nitrogens is 1. The molecule has 1 atom stereocenters. The van der Waals surface area contributed by atoms with Crippen molar-refractivity contribution in [2.24, 2.45) is 0 Å². The summed E-state index contributed by atoms with van der Waals surface area (Å²) >= 11 is 0. The maximum atomic E-state index is 10.7. The minimum Gasteiger partial charge on any atom is -0.390 e. The zero-order chi connectivity index (χ0) is 14.7. The summed E-state index contributed by atoms with van der Waals surface area (Å²) in [5.74, 6) is 0. The Balaban J connectivity index is 1.80. The van der Waals surface area contributed by atoms with Crippen LogP contribution in [0, 0.1) is 0 Å². The molecule has 1 N–H and O–H groups in total. The number of rotatable bonds is 5. The highest BCUT2D eigenvalue weighted by molar-refractivity contribution is 5.78. The molecule has 0 amide bonds. The largest absolute Gasteiger partial charge is 0.390 e. The van der Waals surface area contributed by atoms with Crippen LogP contribution in [-0.2, 0) is 11.2 Å². The van der Waals surface area contributed by atoms with Gasteiger partial charge in [-0.25, -0.2) is 0 Å². The van der Waals surface area contributed by atoms with Crippen LogP contribution in [0.2, 0.25) is 0 Å². The fourth-order valence-corrected chi connectivity index (χ4v) is 3.44. The van der Waals surface area contributed by atoms with Crippen LogP contribution < -0.4 is 0 Å². The molecular weight excluding hydrogens is 262 g/mol. The highest BCUT2D eigenvalue weighted by Crippen LogP contribution is 2.37. The molecule has 0 aliphatic heterocycles. The average molecular weight is 285 g/mol. The van der Waals surface area contributed by atoms with E-state index < -0.39 is 6.10 Å². The number of hydrogen-bond donors (Lipinski definition) is 1. The fourth-order valence-electron chi connectivity index (χ4n) is 3.44. The van der Waals surface area contributed by atoms with E-state index >= 15 is 0 Å². The van der Waals surface area contributed by atoms with E-state index in [0.29, 0.717) is 13.0 Å². The van der Waals surface area contributed by atoms with Crippen LogP contribution in [0.5, 0.6) is 0 Å². The highest BCUT2D eigenvalue weighted by Gasteiger charge is 2.41. The molecular formula is C18H23NO2. The Morgan fingerprint density at radius 1 is 1.19 bits per heavy atom. The predicted molar refractivity (Wildman–Crippen MR) is 84.3 cm³/mol. The van der Waals surface area contributed by atoms with Gasteiger partial charge in [0.2, 0.25) is 0 Å². The summed E-state index contributed by atoms with van der Waals surface area (Å²) in [7, 11) is 0. The lowest BCUT2D eigenvalue weighted by molar-refractivity contribution is -0.115. The molecule has 0 saturated heterocycles. The number of nitrogens with zero attached hydrogens (tertiary/aromatic N) is 1. The van der Waals surface area contributed by atoms with Gasteiger partial charge in [-0.15, -0.1) is 0 Å². The molecule has 0 radical (unpaired) electrons. The van der Waals surface area contributed by atoms with Gasteiger partial charge in [0.15, 0.2) is 0 Å². The summed E-state index contributed by atoms with van der Waals surface area (Å²) in [6.07, 6.45) is 4.27. The number of benzene rings is 1. The summed E-state index contributed by atoms with van der Waals surface area (Å²) in [5.41, 5.74) is 1.56. The predicted octanol–water partition coefficient (Wildman–Crippen LogP) is 3.49. The standard InChI is InChI=1S/C18H23NO2/c1-2-21-18(11-5-6-12-18)17(20)13-15-10-9-14-7-3-4-8-16(14)19-15/h3-4,7-10,17,20H,2,5-6,11-13H2,1H3. The van der Waals surface area contributed by atoms with Crippen molar-refractivity contribution >= 4 is 10.9 Å². The van der Waals surface area contributed by atoms with Crippen molar-refractivity contribution in [1.82, 2.24) is 4.98 Å². The fraction of sp³-hybridized carbons (Fsp3) is 0.500. The average Bonchev–Trinajstić information content (AvgIpc) is 2.97. The van der Waals surface area contributed by atoms with Gasteiger partial charge in [0, 0.05) is 24.1 Å². The molecule has 1 aliphatic rings. The summed E-state index contributed by atoms with van der Waals surface area (Å²) in [5, 5.41) is 11.8. The minimum absolute atomic E-state index is 0.359. The first kappa shape index (κ1) is 14.5. The van der Waals surface area contributed by atoms with E-state index in [2.05, 4.69) is 17.1 Å². The van der Waals surface area contributed by atoms with Crippen molar-refractivity contribution in [1.29, 1.82) is 0 Å². The second kappa shape index (κ2) is 6.12. The van der Waals surface area contributed by atoms with Crippen LogP contribution in [-0.4, -0.2) is 28.4 Å². The maximum absolute atomic E-state index is 10.7. The second-order valence-corrected chi connectivity index (χ2v) is 5.92. The van der Waals surface area contributed by atoms with Crippen molar-refractivity contribution < 1.29 is 9.84 Å². The van der Waals surface area contributed by atoms with E-state index in [1.54, 1.807) is 0 Å². The Labute approximate surface area is 126 Å². The van der Waals surface area contributed by atoms with Crippen LogP contribution in [0.4, 0.5) is 0 Å². The van der Waals surface area contributed by atoms with E-state index in [1.165, 1.54) is 0 Å². The summed E-state index contributed by atoms with van der Waals surface area (Å²) in [6, 6.07) is 12.2. The quantitative estimate of drug-likeness (QED) is 0.914. The molecule has 1 heterocycles. The number of ether oxygens (including phenoxy) is 1. The third-order valence-electron chi connectivity index (χ3n) is 4.55. The molecule has 2 aromatic rings. The number of aliphatic hydroxyl groups is 1. The van der Waals surface area contributed by atoms with Crippen LogP contribution in [0.1, 0.15) is 38.3 Å². The van der Waals surface area contributed by atoms with Crippen LogP contribution in [0.15, 0.2) is 36.4 Å².